The van der Waals surface area contributed by atoms with Gasteiger partial charge in [0.25, 0.3) is 17.4 Å². The van der Waals surface area contributed by atoms with Gasteiger partial charge in [0.05, 0.1) is 5.69 Å². The number of fused-ring (bicyclic) bond motifs is 1. The van der Waals surface area contributed by atoms with E-state index in [1.807, 2.05) is 13.8 Å². The predicted molar refractivity (Wildman–Crippen MR) is 196 cm³/mol. The molecule has 0 radical (unpaired) electrons. The minimum atomic E-state index is -0.641. The van der Waals surface area contributed by atoms with E-state index >= 15 is 0 Å². The van der Waals surface area contributed by atoms with Crippen molar-refractivity contribution in [3.8, 4) is 11.1 Å². The molecule has 2 fully saturated rings. The van der Waals surface area contributed by atoms with Gasteiger partial charge in [0.1, 0.15) is 11.8 Å². The second-order valence-corrected chi connectivity index (χ2v) is 14.2. The number of aromatic nitrogens is 1. The highest BCUT2D eigenvalue weighted by Crippen LogP contribution is 2.50. The highest BCUT2D eigenvalue weighted by Gasteiger charge is 2.52. The summed E-state index contributed by atoms with van der Waals surface area (Å²) in [5, 5.41) is 4.17. The molecule has 2 N–H and O–H groups in total. The molecule has 10 heteroatoms. The third kappa shape index (κ3) is 6.49. The Labute approximate surface area is 299 Å². The van der Waals surface area contributed by atoms with E-state index < -0.39 is 6.04 Å². The van der Waals surface area contributed by atoms with Crippen molar-refractivity contribution in [1.29, 1.82) is 0 Å². The zero-order valence-electron chi connectivity index (χ0n) is 29.6. The molecule has 1 saturated carbocycles. The summed E-state index contributed by atoms with van der Waals surface area (Å²) in [5.74, 6) is 0.156. The Bertz CT molecular complexity index is 2020. The van der Waals surface area contributed by atoms with E-state index in [4.69, 9.17) is 16.8 Å². The van der Waals surface area contributed by atoms with Crippen LogP contribution in [0.3, 0.4) is 0 Å². The summed E-state index contributed by atoms with van der Waals surface area (Å²) in [5.41, 5.74) is 14.9. The van der Waals surface area contributed by atoms with Gasteiger partial charge in [-0.25, -0.2) is 6.57 Å². The number of carbonyl (C=O) groups is 3. The first kappa shape index (κ1) is 34.0. The van der Waals surface area contributed by atoms with Gasteiger partial charge in [-0.15, -0.1) is 0 Å². The van der Waals surface area contributed by atoms with Crippen LogP contribution < -0.4 is 10.6 Å². The summed E-state index contributed by atoms with van der Waals surface area (Å²) >= 11 is 0. The van der Waals surface area contributed by atoms with Crippen molar-refractivity contribution in [2.75, 3.05) is 23.7 Å². The van der Waals surface area contributed by atoms with Gasteiger partial charge in [0, 0.05) is 72.6 Å². The molecule has 3 aromatic carbocycles. The van der Waals surface area contributed by atoms with Crippen molar-refractivity contribution in [1.82, 2.24) is 15.0 Å². The molecule has 1 atom stereocenters. The molecule has 0 bridgehead atoms. The topological polar surface area (TPSA) is 117 Å². The number of imide groups is 1. The van der Waals surface area contributed by atoms with E-state index in [2.05, 4.69) is 64.3 Å². The molecule has 1 saturated heterocycles. The molecule has 1 aliphatic carbocycles. The van der Waals surface area contributed by atoms with Gasteiger partial charge in [0.2, 0.25) is 5.91 Å². The number of nitrogens with two attached hydrogens (primary N) is 1. The molecular weight excluding hydrogens is 640 g/mol. The van der Waals surface area contributed by atoms with Crippen LogP contribution in [0.25, 0.3) is 16.0 Å². The van der Waals surface area contributed by atoms with Gasteiger partial charge >= 0.3 is 0 Å². The molecule has 51 heavy (non-hydrogen) atoms. The molecule has 7 rings (SSSR count). The normalized spacial score (nSPS) is 17.8. The Hall–Kier alpha value is -5.43. The van der Waals surface area contributed by atoms with E-state index in [0.29, 0.717) is 37.2 Å². The summed E-state index contributed by atoms with van der Waals surface area (Å²) in [6, 6.07) is 19.5. The van der Waals surface area contributed by atoms with E-state index in [-0.39, 0.29) is 29.7 Å². The largest absolute Gasteiger partial charge is 0.399 e. The average molecular weight is 685 g/mol. The first-order valence-corrected chi connectivity index (χ1v) is 17.9. The molecule has 2 aliphatic heterocycles. The molecule has 10 nitrogen and oxygen atoms in total. The summed E-state index contributed by atoms with van der Waals surface area (Å²) in [4.78, 5) is 48.8. The van der Waals surface area contributed by atoms with Crippen molar-refractivity contribution < 1.29 is 18.9 Å². The highest BCUT2D eigenvalue weighted by atomic mass is 16.5. The molecule has 4 aromatic rings. The fourth-order valence-corrected chi connectivity index (χ4v) is 7.73. The zero-order valence-corrected chi connectivity index (χ0v) is 29.6. The standard InChI is InChI=1S/C41H44N6O4/c1-26-9-10-29(38-27(2)44-51-28(38)3)24-36(26)45(33-14-11-31(12-15-33)41(43-4)19-20-41)21-7-5-6-8-22-46-37(48)18-17-35(40(46)50)47-25-30-23-32(42)13-16-34(30)39(47)49/h9-16,23-24,35H,5-8,17-22,25,42H2,1-3H3. The summed E-state index contributed by atoms with van der Waals surface area (Å²) in [6.07, 6.45) is 5.78. The molecule has 262 valence electrons. The van der Waals surface area contributed by atoms with Gasteiger partial charge in [0.15, 0.2) is 0 Å². The van der Waals surface area contributed by atoms with E-state index in [1.54, 1.807) is 23.1 Å². The predicted octanol–water partition coefficient (Wildman–Crippen LogP) is 7.63. The lowest BCUT2D eigenvalue weighted by Crippen LogP contribution is -2.54. The highest BCUT2D eigenvalue weighted by molar-refractivity contribution is 6.05. The molecule has 3 amide bonds. The molecular formula is C41H44N6O4. The maximum atomic E-state index is 13.6. The number of unbranched alkanes of at least 4 members (excludes halogenated alkanes) is 3. The second kappa shape index (κ2) is 13.7. The average Bonchev–Trinajstić information content (AvgIpc) is 3.77. The third-order valence-electron chi connectivity index (χ3n) is 10.8. The number of hydrogen-bond acceptors (Lipinski definition) is 7. The Kier molecular flexibility index (Phi) is 9.15. The van der Waals surface area contributed by atoms with Gasteiger partial charge < -0.3 is 24.9 Å². The van der Waals surface area contributed by atoms with Gasteiger partial charge in [-0.3, -0.25) is 19.3 Å². The van der Waals surface area contributed by atoms with Crippen LogP contribution in [0.15, 0.2) is 65.2 Å². The number of aryl methyl sites for hydroxylation is 3. The van der Waals surface area contributed by atoms with Gasteiger partial charge in [-0.1, -0.05) is 30.1 Å². The number of amides is 3. The molecule has 3 heterocycles. The van der Waals surface area contributed by atoms with Crippen LogP contribution in [0.1, 0.15) is 89.9 Å². The minimum absolute atomic E-state index is 0.167. The quantitative estimate of drug-likeness (QED) is 0.0706. The van der Waals surface area contributed by atoms with Gasteiger partial charge in [-0.2, -0.15) is 0 Å². The monoisotopic (exact) mass is 684 g/mol. The van der Waals surface area contributed by atoms with E-state index in [9.17, 15) is 14.4 Å². The molecule has 3 aliphatic rings. The van der Waals surface area contributed by atoms with Gasteiger partial charge in [-0.05, 0) is 105 Å². The lowest BCUT2D eigenvalue weighted by molar-refractivity contribution is -0.152. The van der Waals surface area contributed by atoms with Crippen LogP contribution in [0, 0.1) is 27.3 Å². The molecule has 0 spiro atoms. The second-order valence-electron chi connectivity index (χ2n) is 14.2. The number of nitrogens with zero attached hydrogens (tertiary/aromatic N) is 5. The first-order valence-electron chi connectivity index (χ1n) is 17.9. The Morgan fingerprint density at radius 3 is 2.45 bits per heavy atom. The smallest absolute Gasteiger partial charge is 0.258 e. The maximum absolute atomic E-state index is 13.6. The van der Waals surface area contributed by atoms with Crippen molar-refractivity contribution in [2.24, 2.45) is 0 Å². The molecule has 1 aromatic heterocycles. The number of carbonyl (C=O) groups excluding carboxylic acids is 3. The number of nitrogen functional groups attached to an aromatic ring is 1. The number of rotatable bonds is 12. The fourth-order valence-electron chi connectivity index (χ4n) is 7.73. The lowest BCUT2D eigenvalue weighted by Gasteiger charge is -2.35. The van der Waals surface area contributed by atoms with Crippen LogP contribution in [0.2, 0.25) is 0 Å². The SMILES string of the molecule is [C-]#[N+]C1(c2ccc(N(CCCCCCN3C(=O)CCC(N4Cc5cc(N)ccc5C4=O)C3=O)c3cc(-c4c(C)noc4C)ccc3C)cc2)CC1. The Morgan fingerprint density at radius 2 is 1.75 bits per heavy atom. The number of benzene rings is 3. The maximum Gasteiger partial charge on any atom is 0.258 e. The van der Waals surface area contributed by atoms with Crippen LogP contribution in [-0.2, 0) is 21.7 Å². The zero-order chi connectivity index (χ0) is 35.9. The summed E-state index contributed by atoms with van der Waals surface area (Å²) in [6.45, 7) is 15.2. The first-order chi connectivity index (χ1) is 24.6. The van der Waals surface area contributed by atoms with Crippen LogP contribution in [0.4, 0.5) is 17.1 Å². The van der Waals surface area contributed by atoms with Crippen molar-refractivity contribution in [3.63, 3.8) is 0 Å². The van der Waals surface area contributed by atoms with E-state index in [0.717, 1.165) is 89.3 Å². The van der Waals surface area contributed by atoms with Crippen LogP contribution in [-0.4, -0.2) is 51.8 Å². The lowest BCUT2D eigenvalue weighted by atomic mass is 10.00. The number of likely N-dealkylation sites (tertiary alicyclic amines) is 1. The van der Waals surface area contributed by atoms with E-state index in [1.165, 1.54) is 4.90 Å². The summed E-state index contributed by atoms with van der Waals surface area (Å²) in [7, 11) is 0. The number of anilines is 3. The van der Waals surface area contributed by atoms with Crippen molar-refractivity contribution >= 4 is 34.8 Å². The Balaban J connectivity index is 1.01. The third-order valence-corrected chi connectivity index (χ3v) is 10.8. The minimum Gasteiger partial charge on any atom is -0.399 e. The fraction of sp³-hybridized carbons (Fsp3) is 0.390. The van der Waals surface area contributed by atoms with Crippen molar-refractivity contribution in [3.05, 3.63) is 106 Å². The number of piperidine rings is 1. The molecule has 1 unspecified atom stereocenters. The Morgan fingerprint density at radius 1 is 0.980 bits per heavy atom. The van der Waals surface area contributed by atoms with Crippen molar-refractivity contribution in [2.45, 2.75) is 90.3 Å². The summed E-state index contributed by atoms with van der Waals surface area (Å²) < 4.78 is 5.48. The number of hydrogen-bond donors (Lipinski definition) is 1. The van der Waals surface area contributed by atoms with Crippen LogP contribution >= 0.6 is 0 Å². The van der Waals surface area contributed by atoms with Crippen LogP contribution in [0.5, 0.6) is 0 Å².